The van der Waals surface area contributed by atoms with E-state index < -0.39 is 0 Å². The highest BCUT2D eigenvalue weighted by Crippen LogP contribution is 2.33. The lowest BCUT2D eigenvalue weighted by atomic mass is 9.79. The molecule has 0 saturated heterocycles. The molecule has 22 heavy (non-hydrogen) atoms. The fraction of sp³-hybridized carbons (Fsp3) is 0.300. The molecule has 0 saturated carbocycles. The van der Waals surface area contributed by atoms with E-state index in [1.54, 1.807) is 0 Å². The first-order valence-electron chi connectivity index (χ1n) is 8.02. The first kappa shape index (κ1) is 15.1. The molecule has 1 aliphatic rings. The van der Waals surface area contributed by atoms with E-state index in [0.29, 0.717) is 0 Å². The molecular formula is C20H20OS. The third kappa shape index (κ3) is 2.32. The Kier molecular flexibility index (Phi) is 4.21. The minimum absolute atomic E-state index is 0.139. The molecule has 2 aromatic carbocycles. The number of benzene rings is 2. The number of hydrogen-bond acceptors (Lipinski definition) is 2. The number of thiocarbonyl (C=S) groups is 1. The monoisotopic (exact) mass is 308 g/mol. The number of carbonyl (C=O) groups excluding carboxylic acids is 1. The number of hydrogen-bond donors (Lipinski definition) is 0. The zero-order chi connectivity index (χ0) is 15.7. The van der Waals surface area contributed by atoms with Crippen LogP contribution in [0, 0.1) is 0 Å². The van der Waals surface area contributed by atoms with Crippen LogP contribution in [0.1, 0.15) is 64.9 Å². The molecule has 112 valence electrons. The zero-order valence-electron chi connectivity index (χ0n) is 13.1. The highest BCUT2D eigenvalue weighted by molar-refractivity contribution is 7.81. The third-order valence-corrected chi connectivity index (χ3v) is 4.71. The van der Waals surface area contributed by atoms with Crippen molar-refractivity contribution in [2.24, 2.45) is 0 Å². The molecule has 0 aromatic heterocycles. The standard InChI is InChI=1S/C20H20OS/c1-3-7-13-9-6-12-16-17(13)19(21)15-11-5-10-14(8-4-2)18(15)20(16)22/h5-6,9-12H,3-4,7-8H2,1-2H3. The second-order valence-corrected chi connectivity index (χ2v) is 6.25. The molecule has 0 amide bonds. The fourth-order valence-electron chi connectivity index (χ4n) is 3.34. The molecule has 1 nitrogen and oxygen atoms in total. The average Bonchev–Trinajstić information content (AvgIpc) is 2.53. The summed E-state index contributed by atoms with van der Waals surface area (Å²) in [4.78, 5) is 13.9. The van der Waals surface area contributed by atoms with Gasteiger partial charge in [0, 0.05) is 22.3 Å². The summed E-state index contributed by atoms with van der Waals surface area (Å²) >= 11 is 5.76. The number of aryl methyl sites for hydroxylation is 2. The quantitative estimate of drug-likeness (QED) is 0.638. The largest absolute Gasteiger partial charge is 0.289 e. The van der Waals surface area contributed by atoms with Crippen LogP contribution in [0.3, 0.4) is 0 Å². The Balaban J connectivity index is 2.23. The number of ketones is 1. The van der Waals surface area contributed by atoms with Crippen molar-refractivity contribution in [3.63, 3.8) is 0 Å². The van der Waals surface area contributed by atoms with Gasteiger partial charge in [0.05, 0.1) is 4.86 Å². The molecule has 0 radical (unpaired) electrons. The summed E-state index contributed by atoms with van der Waals surface area (Å²) in [6.07, 6.45) is 3.96. The van der Waals surface area contributed by atoms with E-state index in [1.165, 1.54) is 5.56 Å². The lowest BCUT2D eigenvalue weighted by Crippen LogP contribution is -2.23. The van der Waals surface area contributed by atoms with Crippen LogP contribution in [0.5, 0.6) is 0 Å². The van der Waals surface area contributed by atoms with Crippen molar-refractivity contribution in [2.75, 3.05) is 0 Å². The Hall–Kier alpha value is -1.80. The van der Waals surface area contributed by atoms with Gasteiger partial charge in [0.2, 0.25) is 0 Å². The normalized spacial score (nSPS) is 13.0. The number of fused-ring (bicyclic) bond motifs is 2. The summed E-state index contributed by atoms with van der Waals surface area (Å²) < 4.78 is 0. The van der Waals surface area contributed by atoms with E-state index in [2.05, 4.69) is 26.0 Å². The maximum Gasteiger partial charge on any atom is 0.194 e. The van der Waals surface area contributed by atoms with Gasteiger partial charge in [-0.3, -0.25) is 4.79 Å². The lowest BCUT2D eigenvalue weighted by molar-refractivity contribution is 0.103. The molecule has 2 aromatic rings. The van der Waals surface area contributed by atoms with Crippen molar-refractivity contribution in [2.45, 2.75) is 39.5 Å². The Morgan fingerprint density at radius 2 is 1.36 bits per heavy atom. The third-order valence-electron chi connectivity index (χ3n) is 4.28. The number of rotatable bonds is 4. The summed E-state index contributed by atoms with van der Waals surface area (Å²) in [5, 5.41) is 0. The Bertz CT molecular complexity index is 693. The molecular weight excluding hydrogens is 288 g/mol. The van der Waals surface area contributed by atoms with Crippen LogP contribution in [0.4, 0.5) is 0 Å². The number of carbonyl (C=O) groups is 1. The van der Waals surface area contributed by atoms with E-state index in [0.717, 1.165) is 58.4 Å². The molecule has 0 heterocycles. The average molecular weight is 308 g/mol. The van der Waals surface area contributed by atoms with Crippen molar-refractivity contribution in [3.8, 4) is 0 Å². The van der Waals surface area contributed by atoms with Gasteiger partial charge in [0.15, 0.2) is 5.78 Å². The molecule has 0 fully saturated rings. The molecule has 3 rings (SSSR count). The zero-order valence-corrected chi connectivity index (χ0v) is 13.9. The van der Waals surface area contributed by atoms with Gasteiger partial charge in [0.1, 0.15) is 0 Å². The van der Waals surface area contributed by atoms with Gasteiger partial charge in [-0.05, 0) is 24.0 Å². The predicted molar refractivity (Wildman–Crippen MR) is 95.1 cm³/mol. The van der Waals surface area contributed by atoms with Crippen LogP contribution in [-0.4, -0.2) is 10.6 Å². The van der Waals surface area contributed by atoms with Gasteiger partial charge >= 0.3 is 0 Å². The topological polar surface area (TPSA) is 17.1 Å². The van der Waals surface area contributed by atoms with Crippen LogP contribution in [-0.2, 0) is 12.8 Å². The summed E-state index contributed by atoms with van der Waals surface area (Å²) in [5.41, 5.74) is 5.87. The molecule has 0 aliphatic heterocycles. The van der Waals surface area contributed by atoms with E-state index >= 15 is 0 Å². The highest BCUT2D eigenvalue weighted by atomic mass is 32.1. The van der Waals surface area contributed by atoms with E-state index in [-0.39, 0.29) is 5.78 Å². The van der Waals surface area contributed by atoms with Gasteiger partial charge in [0.25, 0.3) is 0 Å². The Labute approximate surface area is 137 Å². The second-order valence-electron chi connectivity index (χ2n) is 5.84. The van der Waals surface area contributed by atoms with Crippen molar-refractivity contribution in [3.05, 3.63) is 69.8 Å². The fourth-order valence-corrected chi connectivity index (χ4v) is 3.75. The van der Waals surface area contributed by atoms with Gasteiger partial charge in [-0.2, -0.15) is 0 Å². The molecule has 2 heteroatoms. The van der Waals surface area contributed by atoms with E-state index in [4.69, 9.17) is 12.2 Å². The SMILES string of the molecule is CCCc1cccc2c1C(=O)c1cccc(CCC)c1C2=S. The first-order valence-corrected chi connectivity index (χ1v) is 8.43. The van der Waals surface area contributed by atoms with Gasteiger partial charge in [-0.1, -0.05) is 75.3 Å². The summed E-state index contributed by atoms with van der Waals surface area (Å²) in [7, 11) is 0. The van der Waals surface area contributed by atoms with Crippen LogP contribution in [0.25, 0.3) is 0 Å². The van der Waals surface area contributed by atoms with Crippen LogP contribution < -0.4 is 0 Å². The lowest BCUT2D eigenvalue weighted by Gasteiger charge is -2.24. The molecule has 0 atom stereocenters. The van der Waals surface area contributed by atoms with Crippen molar-refractivity contribution in [1.29, 1.82) is 0 Å². The van der Waals surface area contributed by atoms with Crippen molar-refractivity contribution in [1.82, 2.24) is 0 Å². The predicted octanol–water partition coefficient (Wildman–Crippen LogP) is 4.90. The van der Waals surface area contributed by atoms with Crippen molar-refractivity contribution < 1.29 is 4.79 Å². The van der Waals surface area contributed by atoms with Gasteiger partial charge in [-0.15, -0.1) is 0 Å². The second kappa shape index (κ2) is 6.13. The maximum absolute atomic E-state index is 13.0. The molecule has 1 aliphatic carbocycles. The minimum Gasteiger partial charge on any atom is -0.289 e. The molecule has 0 spiro atoms. The Morgan fingerprint density at radius 3 is 1.95 bits per heavy atom. The van der Waals surface area contributed by atoms with E-state index in [9.17, 15) is 4.79 Å². The summed E-state index contributed by atoms with van der Waals surface area (Å²) in [6.45, 7) is 4.29. The Morgan fingerprint density at radius 1 is 0.818 bits per heavy atom. The smallest absolute Gasteiger partial charge is 0.194 e. The van der Waals surface area contributed by atoms with Crippen molar-refractivity contribution >= 4 is 22.9 Å². The molecule has 0 N–H and O–H groups in total. The van der Waals surface area contributed by atoms with E-state index in [1.807, 2.05) is 24.3 Å². The molecule has 0 bridgehead atoms. The molecule has 0 unspecified atom stereocenters. The van der Waals surface area contributed by atoms with Gasteiger partial charge < -0.3 is 0 Å². The maximum atomic E-state index is 13.0. The van der Waals surface area contributed by atoms with Gasteiger partial charge in [-0.25, -0.2) is 0 Å². The van der Waals surface area contributed by atoms with Crippen LogP contribution >= 0.6 is 12.2 Å². The van der Waals surface area contributed by atoms with Crippen LogP contribution in [0.15, 0.2) is 36.4 Å². The summed E-state index contributed by atoms with van der Waals surface area (Å²) in [5.74, 6) is 0.139. The first-order chi connectivity index (χ1) is 10.7. The minimum atomic E-state index is 0.139. The summed E-state index contributed by atoms with van der Waals surface area (Å²) in [6, 6.07) is 12.1. The highest BCUT2D eigenvalue weighted by Gasteiger charge is 2.30. The van der Waals surface area contributed by atoms with Crippen LogP contribution in [0.2, 0.25) is 0 Å².